The number of carbonyl (C=O) groups excluding carboxylic acids is 2. The number of ether oxygens (including phenoxy) is 1. The van der Waals surface area contributed by atoms with Gasteiger partial charge in [0.2, 0.25) is 5.91 Å². The molecule has 0 aromatic heterocycles. The van der Waals surface area contributed by atoms with E-state index in [1.165, 1.54) is 0 Å². The summed E-state index contributed by atoms with van der Waals surface area (Å²) in [6.07, 6.45) is 3.69. The Labute approximate surface area is 171 Å². The van der Waals surface area contributed by atoms with Gasteiger partial charge in [-0.05, 0) is 37.7 Å². The molecule has 2 amide bonds. The number of carboxylic acids is 1. The van der Waals surface area contributed by atoms with E-state index in [2.05, 4.69) is 10.6 Å². The predicted molar refractivity (Wildman–Crippen MR) is 107 cm³/mol. The second kappa shape index (κ2) is 14.9. The van der Waals surface area contributed by atoms with Gasteiger partial charge in [-0.3, -0.25) is 4.79 Å². The van der Waals surface area contributed by atoms with Crippen LogP contribution in [-0.2, 0) is 20.9 Å². The Morgan fingerprint density at radius 1 is 1.07 bits per heavy atom. The van der Waals surface area contributed by atoms with E-state index in [4.69, 9.17) is 15.1 Å². The van der Waals surface area contributed by atoms with Crippen molar-refractivity contribution >= 4 is 18.0 Å². The standard InChI is InChI=1S/C21H29N3O5/c22-14-8-2-6-12-18(20(26)27)24-19(25)13-7-3-9-15-23-21(28)29-16-17-10-4-1-5-11-17/h1,4-5,10-11,18H,2-3,6-9,12-13,15-16H2,(H,23,28)(H,24,25)(H,26,27)/t18-/m0/s1. The molecule has 0 bridgehead atoms. The molecule has 0 saturated heterocycles. The van der Waals surface area contributed by atoms with Crippen LogP contribution in [0.2, 0.25) is 0 Å². The number of rotatable bonds is 14. The quantitative estimate of drug-likeness (QED) is 0.409. The fourth-order valence-electron chi connectivity index (χ4n) is 2.63. The Bertz CT molecular complexity index is 673. The first-order valence-electron chi connectivity index (χ1n) is 9.86. The van der Waals surface area contributed by atoms with Crippen molar-refractivity contribution in [1.82, 2.24) is 10.6 Å². The maximum atomic E-state index is 11.9. The largest absolute Gasteiger partial charge is 0.480 e. The van der Waals surface area contributed by atoms with Crippen LogP contribution in [0, 0.1) is 11.3 Å². The van der Waals surface area contributed by atoms with Crippen LogP contribution in [0.3, 0.4) is 0 Å². The molecule has 1 aromatic carbocycles. The van der Waals surface area contributed by atoms with E-state index in [-0.39, 0.29) is 18.9 Å². The van der Waals surface area contributed by atoms with Gasteiger partial charge in [0.25, 0.3) is 0 Å². The summed E-state index contributed by atoms with van der Waals surface area (Å²) < 4.78 is 5.10. The summed E-state index contributed by atoms with van der Waals surface area (Å²) in [5.41, 5.74) is 0.915. The van der Waals surface area contributed by atoms with E-state index in [9.17, 15) is 14.4 Å². The van der Waals surface area contributed by atoms with Gasteiger partial charge >= 0.3 is 12.1 Å². The molecule has 1 rings (SSSR count). The van der Waals surface area contributed by atoms with Crippen molar-refractivity contribution in [3.63, 3.8) is 0 Å². The number of nitrogens with zero attached hydrogens (tertiary/aromatic N) is 1. The third-order valence-electron chi connectivity index (χ3n) is 4.23. The highest BCUT2D eigenvalue weighted by molar-refractivity contribution is 5.83. The minimum absolute atomic E-state index is 0.216. The average molecular weight is 403 g/mol. The van der Waals surface area contributed by atoms with Gasteiger partial charge in [0.1, 0.15) is 12.6 Å². The molecule has 0 heterocycles. The van der Waals surface area contributed by atoms with Gasteiger partial charge in [0.15, 0.2) is 0 Å². The molecule has 0 fully saturated rings. The zero-order valence-electron chi connectivity index (χ0n) is 16.6. The van der Waals surface area contributed by atoms with Crippen LogP contribution in [0.1, 0.15) is 56.9 Å². The van der Waals surface area contributed by atoms with Gasteiger partial charge in [-0.1, -0.05) is 36.8 Å². The minimum atomic E-state index is -1.06. The first kappa shape index (κ1) is 24.0. The SMILES string of the molecule is N#CCCCC[C@H](NC(=O)CCCCCNC(=O)OCc1ccccc1)C(=O)O. The van der Waals surface area contributed by atoms with Crippen molar-refractivity contribution in [2.75, 3.05) is 6.54 Å². The summed E-state index contributed by atoms with van der Waals surface area (Å²) in [7, 11) is 0. The molecule has 3 N–H and O–H groups in total. The number of nitriles is 1. The van der Waals surface area contributed by atoms with Gasteiger partial charge < -0.3 is 20.5 Å². The molecular weight excluding hydrogens is 374 g/mol. The van der Waals surface area contributed by atoms with Crippen molar-refractivity contribution in [3.8, 4) is 6.07 Å². The molecule has 158 valence electrons. The summed E-state index contributed by atoms with van der Waals surface area (Å²) in [4.78, 5) is 34.7. The first-order chi connectivity index (χ1) is 14.0. The second-order valence-electron chi connectivity index (χ2n) is 6.66. The average Bonchev–Trinajstić information content (AvgIpc) is 2.71. The number of hydrogen-bond donors (Lipinski definition) is 3. The Kier molecular flexibility index (Phi) is 12.3. The van der Waals surface area contributed by atoms with E-state index in [0.717, 1.165) is 12.0 Å². The third-order valence-corrected chi connectivity index (χ3v) is 4.23. The number of aliphatic carboxylic acids is 1. The lowest BCUT2D eigenvalue weighted by atomic mass is 10.1. The molecule has 29 heavy (non-hydrogen) atoms. The number of amides is 2. The topological polar surface area (TPSA) is 129 Å². The zero-order chi connectivity index (χ0) is 21.3. The van der Waals surface area contributed by atoms with Crippen LogP contribution in [0.25, 0.3) is 0 Å². The summed E-state index contributed by atoms with van der Waals surface area (Å²) >= 11 is 0. The van der Waals surface area contributed by atoms with Gasteiger partial charge in [0.05, 0.1) is 6.07 Å². The second-order valence-corrected chi connectivity index (χ2v) is 6.66. The van der Waals surface area contributed by atoms with Crippen molar-refractivity contribution in [2.24, 2.45) is 0 Å². The van der Waals surface area contributed by atoms with Crippen LogP contribution in [0.15, 0.2) is 30.3 Å². The van der Waals surface area contributed by atoms with Crippen molar-refractivity contribution in [1.29, 1.82) is 5.26 Å². The maximum Gasteiger partial charge on any atom is 0.407 e. The third kappa shape index (κ3) is 12.1. The number of benzene rings is 1. The predicted octanol–water partition coefficient (Wildman–Crippen LogP) is 3.13. The van der Waals surface area contributed by atoms with E-state index in [1.54, 1.807) is 0 Å². The Morgan fingerprint density at radius 2 is 1.83 bits per heavy atom. The molecule has 8 heteroatoms. The molecule has 0 aliphatic rings. The lowest BCUT2D eigenvalue weighted by Crippen LogP contribution is -2.40. The van der Waals surface area contributed by atoms with E-state index in [0.29, 0.717) is 45.1 Å². The number of unbranched alkanes of at least 4 members (excludes halogenated alkanes) is 4. The van der Waals surface area contributed by atoms with Crippen molar-refractivity contribution < 1.29 is 24.2 Å². The summed E-state index contributed by atoms with van der Waals surface area (Å²) in [6, 6.07) is 10.5. The monoisotopic (exact) mass is 403 g/mol. The van der Waals surface area contributed by atoms with E-state index >= 15 is 0 Å². The van der Waals surface area contributed by atoms with Crippen LogP contribution >= 0.6 is 0 Å². The normalized spacial score (nSPS) is 11.1. The Morgan fingerprint density at radius 3 is 2.52 bits per heavy atom. The molecule has 0 saturated carbocycles. The van der Waals surface area contributed by atoms with Gasteiger partial charge in [-0.25, -0.2) is 9.59 Å². The number of alkyl carbamates (subject to hydrolysis) is 1. The highest BCUT2D eigenvalue weighted by Crippen LogP contribution is 2.06. The zero-order valence-corrected chi connectivity index (χ0v) is 16.6. The highest BCUT2D eigenvalue weighted by atomic mass is 16.5. The molecule has 0 radical (unpaired) electrons. The van der Waals surface area contributed by atoms with Crippen molar-refractivity contribution in [3.05, 3.63) is 35.9 Å². The fourth-order valence-corrected chi connectivity index (χ4v) is 2.63. The number of hydrogen-bond acceptors (Lipinski definition) is 5. The number of carbonyl (C=O) groups is 3. The molecule has 0 aliphatic carbocycles. The van der Waals surface area contributed by atoms with Crippen LogP contribution in [0.4, 0.5) is 4.79 Å². The van der Waals surface area contributed by atoms with Gasteiger partial charge in [0, 0.05) is 19.4 Å². The lowest BCUT2D eigenvalue weighted by molar-refractivity contribution is -0.142. The lowest BCUT2D eigenvalue weighted by Gasteiger charge is -2.14. The highest BCUT2D eigenvalue weighted by Gasteiger charge is 2.18. The van der Waals surface area contributed by atoms with Gasteiger partial charge in [-0.15, -0.1) is 0 Å². The molecule has 0 spiro atoms. The van der Waals surface area contributed by atoms with E-state index < -0.39 is 18.1 Å². The number of carboxylic acid groups (broad SMARTS) is 1. The van der Waals surface area contributed by atoms with Crippen LogP contribution in [0.5, 0.6) is 0 Å². The Hall–Kier alpha value is -3.08. The molecular formula is C21H29N3O5. The number of nitrogens with one attached hydrogen (secondary N) is 2. The van der Waals surface area contributed by atoms with Gasteiger partial charge in [-0.2, -0.15) is 5.26 Å². The first-order valence-corrected chi connectivity index (χ1v) is 9.86. The molecule has 0 unspecified atom stereocenters. The van der Waals surface area contributed by atoms with Crippen molar-refractivity contribution in [2.45, 2.75) is 64.0 Å². The van der Waals surface area contributed by atoms with Crippen LogP contribution < -0.4 is 10.6 Å². The smallest absolute Gasteiger partial charge is 0.407 e. The summed E-state index contributed by atoms with van der Waals surface area (Å²) in [5.74, 6) is -1.36. The molecule has 0 aliphatic heterocycles. The van der Waals surface area contributed by atoms with E-state index in [1.807, 2.05) is 36.4 Å². The summed E-state index contributed by atoms with van der Waals surface area (Å²) in [6.45, 7) is 0.667. The fraction of sp³-hybridized carbons (Fsp3) is 0.524. The molecule has 1 atom stereocenters. The molecule has 1 aromatic rings. The maximum absolute atomic E-state index is 11.9. The van der Waals surface area contributed by atoms with Crippen LogP contribution in [-0.4, -0.2) is 35.7 Å². The molecule has 8 nitrogen and oxygen atoms in total. The minimum Gasteiger partial charge on any atom is -0.480 e. The summed E-state index contributed by atoms with van der Waals surface area (Å²) in [5, 5.41) is 22.8. The Balaban J connectivity index is 2.07.